The van der Waals surface area contributed by atoms with Crippen molar-refractivity contribution < 1.29 is 9.53 Å². The molecule has 0 bridgehead atoms. The van der Waals surface area contributed by atoms with Gasteiger partial charge < -0.3 is 15.4 Å². The van der Waals surface area contributed by atoms with Crippen molar-refractivity contribution in [2.24, 2.45) is 0 Å². The van der Waals surface area contributed by atoms with Gasteiger partial charge >= 0.3 is 6.09 Å². The summed E-state index contributed by atoms with van der Waals surface area (Å²) >= 11 is 0. The summed E-state index contributed by atoms with van der Waals surface area (Å²) in [7, 11) is 0. The van der Waals surface area contributed by atoms with E-state index in [1.165, 1.54) is 6.42 Å². The standard InChI is InChI=1S/C14H20N2O2.ClH/c1-11-7-8-13(16-11)9-15-14(17)18-10-12-5-3-2-4-6-12;/h2-6,11,13,16H,7-10H2,1H3,(H,15,17);1H/t11-,13-;/m1./s1. The monoisotopic (exact) mass is 284 g/mol. The van der Waals surface area contributed by atoms with Gasteiger partial charge in [-0.15, -0.1) is 12.4 Å². The average molecular weight is 285 g/mol. The van der Waals surface area contributed by atoms with E-state index < -0.39 is 0 Å². The van der Waals surface area contributed by atoms with Crippen molar-refractivity contribution in [2.45, 2.75) is 38.5 Å². The van der Waals surface area contributed by atoms with Gasteiger partial charge in [0.25, 0.3) is 0 Å². The van der Waals surface area contributed by atoms with Crippen LogP contribution in [0.3, 0.4) is 0 Å². The van der Waals surface area contributed by atoms with Gasteiger partial charge in [0.2, 0.25) is 0 Å². The van der Waals surface area contributed by atoms with Crippen molar-refractivity contribution in [3.8, 4) is 0 Å². The molecule has 1 aliphatic rings. The van der Waals surface area contributed by atoms with E-state index in [2.05, 4.69) is 17.6 Å². The fourth-order valence-corrected chi connectivity index (χ4v) is 2.16. The van der Waals surface area contributed by atoms with Crippen LogP contribution >= 0.6 is 12.4 Å². The first-order valence-corrected chi connectivity index (χ1v) is 6.44. The Balaban J connectivity index is 0.00000180. The van der Waals surface area contributed by atoms with E-state index in [4.69, 9.17) is 4.74 Å². The van der Waals surface area contributed by atoms with Crippen LogP contribution in [0.4, 0.5) is 4.79 Å². The van der Waals surface area contributed by atoms with Gasteiger partial charge in [-0.3, -0.25) is 0 Å². The van der Waals surface area contributed by atoms with Crippen molar-refractivity contribution >= 4 is 18.5 Å². The number of amides is 1. The highest BCUT2D eigenvalue weighted by Gasteiger charge is 2.20. The zero-order chi connectivity index (χ0) is 12.8. The van der Waals surface area contributed by atoms with Crippen LogP contribution in [0.5, 0.6) is 0 Å². The highest BCUT2D eigenvalue weighted by atomic mass is 35.5. The van der Waals surface area contributed by atoms with E-state index in [0.29, 0.717) is 25.2 Å². The molecule has 1 fully saturated rings. The molecule has 19 heavy (non-hydrogen) atoms. The lowest BCUT2D eigenvalue weighted by Crippen LogP contribution is -2.39. The molecule has 1 heterocycles. The van der Waals surface area contributed by atoms with Crippen molar-refractivity contribution in [3.63, 3.8) is 0 Å². The first-order valence-electron chi connectivity index (χ1n) is 6.44. The Morgan fingerprint density at radius 2 is 2.11 bits per heavy atom. The fourth-order valence-electron chi connectivity index (χ4n) is 2.16. The molecule has 106 valence electrons. The maximum atomic E-state index is 11.5. The first kappa shape index (κ1) is 15.8. The maximum Gasteiger partial charge on any atom is 0.407 e. The number of hydrogen-bond acceptors (Lipinski definition) is 3. The van der Waals surface area contributed by atoms with Gasteiger partial charge in [-0.1, -0.05) is 30.3 Å². The topological polar surface area (TPSA) is 50.4 Å². The predicted octanol–water partition coefficient (Wildman–Crippen LogP) is 2.48. The molecular formula is C14H21ClN2O2. The molecule has 0 radical (unpaired) electrons. The van der Waals surface area contributed by atoms with Crippen LogP contribution in [0, 0.1) is 0 Å². The second-order valence-corrected chi connectivity index (χ2v) is 4.78. The molecule has 4 nitrogen and oxygen atoms in total. The summed E-state index contributed by atoms with van der Waals surface area (Å²) in [6.45, 7) is 3.12. The summed E-state index contributed by atoms with van der Waals surface area (Å²) in [5.74, 6) is 0. The Bertz CT molecular complexity index is 386. The molecule has 1 saturated heterocycles. The van der Waals surface area contributed by atoms with Crippen molar-refractivity contribution in [3.05, 3.63) is 35.9 Å². The van der Waals surface area contributed by atoms with Crippen molar-refractivity contribution in [1.29, 1.82) is 0 Å². The number of carbonyl (C=O) groups excluding carboxylic acids is 1. The van der Waals surface area contributed by atoms with Crippen LogP contribution in [0.15, 0.2) is 30.3 Å². The lowest BCUT2D eigenvalue weighted by molar-refractivity contribution is 0.138. The normalized spacial score (nSPS) is 21.5. The van der Waals surface area contributed by atoms with Gasteiger partial charge in [0.1, 0.15) is 6.61 Å². The van der Waals surface area contributed by atoms with Gasteiger partial charge in [-0.25, -0.2) is 4.79 Å². The third-order valence-corrected chi connectivity index (χ3v) is 3.17. The van der Waals surface area contributed by atoms with Gasteiger partial charge in [-0.2, -0.15) is 0 Å². The quantitative estimate of drug-likeness (QED) is 0.893. The van der Waals surface area contributed by atoms with E-state index in [0.717, 1.165) is 12.0 Å². The zero-order valence-electron chi connectivity index (χ0n) is 11.1. The lowest BCUT2D eigenvalue weighted by atomic mass is 10.2. The second-order valence-electron chi connectivity index (χ2n) is 4.78. The molecule has 2 rings (SSSR count). The smallest absolute Gasteiger partial charge is 0.407 e. The van der Waals surface area contributed by atoms with Crippen molar-refractivity contribution in [2.75, 3.05) is 6.54 Å². The summed E-state index contributed by atoms with van der Waals surface area (Å²) in [6, 6.07) is 10.6. The molecule has 5 heteroatoms. The molecule has 2 N–H and O–H groups in total. The van der Waals surface area contributed by atoms with E-state index in [9.17, 15) is 4.79 Å². The molecule has 0 unspecified atom stereocenters. The first-order chi connectivity index (χ1) is 8.74. The Morgan fingerprint density at radius 1 is 1.37 bits per heavy atom. The Morgan fingerprint density at radius 3 is 2.74 bits per heavy atom. The van der Waals surface area contributed by atoms with Gasteiger partial charge in [0.05, 0.1) is 0 Å². The van der Waals surface area contributed by atoms with Crippen LogP contribution < -0.4 is 10.6 Å². The van der Waals surface area contributed by atoms with E-state index in [1.54, 1.807) is 0 Å². The molecule has 1 amide bonds. The summed E-state index contributed by atoms with van der Waals surface area (Å²) in [5.41, 5.74) is 1.00. The minimum absolute atomic E-state index is 0. The second kappa shape index (κ2) is 8.02. The van der Waals surface area contributed by atoms with Gasteiger partial charge in [0, 0.05) is 18.6 Å². The SMILES string of the molecule is C[C@@H]1CC[C@H](CNC(=O)OCc2ccccc2)N1.Cl. The van der Waals surface area contributed by atoms with Crippen LogP contribution in [-0.4, -0.2) is 24.7 Å². The highest BCUT2D eigenvalue weighted by Crippen LogP contribution is 2.10. The Labute approximate surface area is 120 Å². The van der Waals surface area contributed by atoms with Crippen LogP contribution in [0.1, 0.15) is 25.3 Å². The highest BCUT2D eigenvalue weighted by molar-refractivity contribution is 5.85. The molecule has 0 saturated carbocycles. The maximum absolute atomic E-state index is 11.5. The Kier molecular flexibility index (Phi) is 6.67. The molecule has 2 atom stereocenters. The largest absolute Gasteiger partial charge is 0.445 e. The van der Waals surface area contributed by atoms with E-state index >= 15 is 0 Å². The summed E-state index contributed by atoms with van der Waals surface area (Å²) in [4.78, 5) is 11.5. The molecule has 1 aromatic rings. The number of alkyl carbamates (subject to hydrolysis) is 1. The Hall–Kier alpha value is -1.26. The minimum atomic E-state index is -0.347. The number of rotatable bonds is 4. The number of ether oxygens (including phenoxy) is 1. The van der Waals surface area contributed by atoms with E-state index in [1.807, 2.05) is 30.3 Å². The van der Waals surface area contributed by atoms with Gasteiger partial charge in [-0.05, 0) is 25.3 Å². The summed E-state index contributed by atoms with van der Waals surface area (Å²) < 4.78 is 5.14. The third kappa shape index (κ3) is 5.49. The van der Waals surface area contributed by atoms with Crippen LogP contribution in [0.2, 0.25) is 0 Å². The van der Waals surface area contributed by atoms with E-state index in [-0.39, 0.29) is 18.5 Å². The molecule has 0 aliphatic carbocycles. The summed E-state index contributed by atoms with van der Waals surface area (Å²) in [5, 5.41) is 6.20. The lowest BCUT2D eigenvalue weighted by Gasteiger charge is -2.13. The number of hydrogen-bond donors (Lipinski definition) is 2. The zero-order valence-corrected chi connectivity index (χ0v) is 11.9. The predicted molar refractivity (Wildman–Crippen MR) is 77.5 cm³/mol. The number of carbonyl (C=O) groups is 1. The fraction of sp³-hybridized carbons (Fsp3) is 0.500. The number of nitrogens with one attached hydrogen (secondary N) is 2. The molecule has 1 aromatic carbocycles. The van der Waals surface area contributed by atoms with Gasteiger partial charge in [0.15, 0.2) is 0 Å². The molecular weight excluding hydrogens is 264 g/mol. The molecule has 0 aromatic heterocycles. The average Bonchev–Trinajstić information content (AvgIpc) is 2.81. The number of benzene rings is 1. The molecule has 0 spiro atoms. The molecule has 1 aliphatic heterocycles. The van der Waals surface area contributed by atoms with Crippen LogP contribution in [0.25, 0.3) is 0 Å². The van der Waals surface area contributed by atoms with Crippen molar-refractivity contribution in [1.82, 2.24) is 10.6 Å². The van der Waals surface area contributed by atoms with Crippen LogP contribution in [-0.2, 0) is 11.3 Å². The third-order valence-electron chi connectivity index (χ3n) is 3.17. The summed E-state index contributed by atoms with van der Waals surface area (Å²) in [6.07, 6.45) is 1.94. The number of halogens is 1. The minimum Gasteiger partial charge on any atom is -0.445 e.